The van der Waals surface area contributed by atoms with Gasteiger partial charge in [-0.1, -0.05) is 0 Å². The number of aryl methyl sites for hydroxylation is 1. The van der Waals surface area contributed by atoms with E-state index in [2.05, 4.69) is 29.2 Å². The third-order valence-electron chi connectivity index (χ3n) is 6.11. The molecule has 0 spiro atoms. The molecule has 1 fully saturated rings. The fourth-order valence-electron chi connectivity index (χ4n) is 4.38. The second kappa shape index (κ2) is 9.86. The van der Waals surface area contributed by atoms with Crippen molar-refractivity contribution in [1.29, 1.82) is 0 Å². The molecule has 1 aliphatic carbocycles. The fraction of sp³-hybridized carbons (Fsp3) is 0.458. The van der Waals surface area contributed by atoms with Gasteiger partial charge in [-0.2, -0.15) is 0 Å². The topological polar surface area (TPSA) is 69.0 Å². The maximum absolute atomic E-state index is 13.2. The number of nitrogens with zero attached hydrogens (tertiary/aromatic N) is 3. The predicted molar refractivity (Wildman–Crippen MR) is 126 cm³/mol. The molecule has 0 saturated heterocycles. The number of hydrogen-bond acceptors (Lipinski definition) is 4. The molecular formula is C24H31AsN4O2. The molecule has 7 heteroatoms. The van der Waals surface area contributed by atoms with Crippen molar-refractivity contribution in [2.75, 3.05) is 7.11 Å². The molecule has 0 aliphatic heterocycles. The Labute approximate surface area is 190 Å². The van der Waals surface area contributed by atoms with Crippen molar-refractivity contribution in [2.45, 2.75) is 57.3 Å². The van der Waals surface area contributed by atoms with Crippen LogP contribution in [-0.4, -0.2) is 43.5 Å². The SMILES string of the molecule is CCn1ncc2c([AsH]C3CCCC(C)C3)c(C(=O)NCc3ccc(OC)cc3)cnc21. The summed E-state index contributed by atoms with van der Waals surface area (Å²) in [6.45, 7) is 5.69. The van der Waals surface area contributed by atoms with Crippen LogP contribution in [0.1, 0.15) is 55.5 Å². The van der Waals surface area contributed by atoms with Crippen LogP contribution in [0.3, 0.4) is 0 Å². The molecule has 3 unspecified atom stereocenters. The Bertz CT molecular complexity index is 1050. The van der Waals surface area contributed by atoms with Crippen molar-refractivity contribution < 1.29 is 9.53 Å². The Hall–Kier alpha value is -2.33. The number of nitrogens with one attached hydrogen (secondary N) is 1. The van der Waals surface area contributed by atoms with Crippen molar-refractivity contribution in [1.82, 2.24) is 20.1 Å². The van der Waals surface area contributed by atoms with Gasteiger partial charge in [0.2, 0.25) is 0 Å². The molecule has 1 amide bonds. The van der Waals surface area contributed by atoms with Crippen LogP contribution in [0, 0.1) is 5.92 Å². The van der Waals surface area contributed by atoms with Crippen LogP contribution in [0.15, 0.2) is 36.7 Å². The normalized spacial score (nSPS) is 19.2. The van der Waals surface area contributed by atoms with Gasteiger partial charge in [0.25, 0.3) is 0 Å². The average molecular weight is 482 g/mol. The number of ether oxygens (including phenoxy) is 1. The van der Waals surface area contributed by atoms with Crippen LogP contribution in [0.4, 0.5) is 0 Å². The van der Waals surface area contributed by atoms with Gasteiger partial charge in [0, 0.05) is 0 Å². The van der Waals surface area contributed by atoms with Gasteiger partial charge in [-0.25, -0.2) is 0 Å². The molecule has 4 rings (SSSR count). The zero-order valence-corrected chi connectivity index (χ0v) is 20.6. The van der Waals surface area contributed by atoms with Gasteiger partial charge in [0.15, 0.2) is 0 Å². The first-order chi connectivity index (χ1) is 15.1. The van der Waals surface area contributed by atoms with E-state index in [4.69, 9.17) is 4.74 Å². The number of amides is 1. The first kappa shape index (κ1) is 21.9. The third kappa shape index (κ3) is 4.95. The second-order valence-corrected chi connectivity index (χ2v) is 11.8. The molecule has 3 atom stereocenters. The van der Waals surface area contributed by atoms with Crippen LogP contribution in [-0.2, 0) is 13.1 Å². The van der Waals surface area contributed by atoms with E-state index in [0.717, 1.165) is 45.1 Å². The minimum atomic E-state index is -0.482. The van der Waals surface area contributed by atoms with Crippen molar-refractivity contribution in [2.24, 2.45) is 5.92 Å². The van der Waals surface area contributed by atoms with E-state index in [0.29, 0.717) is 6.54 Å². The van der Waals surface area contributed by atoms with Gasteiger partial charge in [-0.15, -0.1) is 0 Å². The number of fused-ring (bicyclic) bond motifs is 1. The van der Waals surface area contributed by atoms with Gasteiger partial charge in [0.1, 0.15) is 0 Å². The van der Waals surface area contributed by atoms with Crippen LogP contribution >= 0.6 is 0 Å². The monoisotopic (exact) mass is 482 g/mol. The fourth-order valence-corrected chi connectivity index (χ4v) is 8.45. The van der Waals surface area contributed by atoms with Crippen molar-refractivity contribution in [3.8, 4) is 5.75 Å². The Morgan fingerprint density at radius 3 is 2.77 bits per heavy atom. The summed E-state index contributed by atoms with van der Waals surface area (Å²) < 4.78 is 9.08. The van der Waals surface area contributed by atoms with Gasteiger partial charge >= 0.3 is 191 Å². The number of methoxy groups -OCH3 is 1. The van der Waals surface area contributed by atoms with Crippen molar-refractivity contribution in [3.63, 3.8) is 0 Å². The number of carbonyl (C=O) groups excluding carboxylic acids is 1. The quantitative estimate of drug-likeness (QED) is 0.524. The Balaban J connectivity index is 1.59. The molecule has 1 aliphatic rings. The van der Waals surface area contributed by atoms with Crippen LogP contribution in [0.5, 0.6) is 5.75 Å². The molecule has 0 bridgehead atoms. The first-order valence-corrected chi connectivity index (χ1v) is 13.4. The van der Waals surface area contributed by atoms with Gasteiger partial charge in [0.05, 0.1) is 0 Å². The van der Waals surface area contributed by atoms with E-state index in [1.54, 1.807) is 13.3 Å². The first-order valence-electron chi connectivity index (χ1n) is 11.1. The molecule has 164 valence electrons. The Morgan fingerprint density at radius 2 is 2.06 bits per heavy atom. The molecule has 3 aromatic rings. The molecule has 1 saturated carbocycles. The van der Waals surface area contributed by atoms with E-state index in [-0.39, 0.29) is 5.91 Å². The summed E-state index contributed by atoms with van der Waals surface area (Å²) >= 11 is -0.482. The summed E-state index contributed by atoms with van der Waals surface area (Å²) in [6.07, 6.45) is 8.87. The zero-order chi connectivity index (χ0) is 21.8. The number of carbonyl (C=O) groups is 1. The summed E-state index contributed by atoms with van der Waals surface area (Å²) in [4.78, 5) is 17.8. The van der Waals surface area contributed by atoms with E-state index in [1.165, 1.54) is 30.0 Å². The van der Waals surface area contributed by atoms with Gasteiger partial charge in [-0.3, -0.25) is 0 Å². The molecule has 0 radical (unpaired) electrons. The standard InChI is InChI=1S/C24H31AsN4O2/c1-4-29-23-20(15-28-29)22(25-18-7-5-6-16(2)12-18)21(14-26-23)24(30)27-13-17-8-10-19(31-3)11-9-17/h8-11,14-16,18,25H,4-7,12-13H2,1-3H3,(H,27,30). The summed E-state index contributed by atoms with van der Waals surface area (Å²) in [7, 11) is 1.65. The Morgan fingerprint density at radius 1 is 1.26 bits per heavy atom. The average Bonchev–Trinajstić information content (AvgIpc) is 3.22. The zero-order valence-electron chi connectivity index (χ0n) is 18.5. The molecule has 6 nitrogen and oxygen atoms in total. The van der Waals surface area contributed by atoms with E-state index >= 15 is 0 Å². The Kier molecular flexibility index (Phi) is 6.96. The molecule has 31 heavy (non-hydrogen) atoms. The summed E-state index contributed by atoms with van der Waals surface area (Å²) in [5, 5.41) is 8.69. The molecule has 2 heterocycles. The number of benzene rings is 1. The summed E-state index contributed by atoms with van der Waals surface area (Å²) in [6, 6.07) is 7.78. The molecule has 2 aromatic heterocycles. The van der Waals surface area contributed by atoms with Crippen molar-refractivity contribution >= 4 is 37.0 Å². The van der Waals surface area contributed by atoms with Crippen LogP contribution in [0.2, 0.25) is 4.71 Å². The maximum atomic E-state index is 13.2. The van der Waals surface area contributed by atoms with Crippen LogP contribution < -0.4 is 14.4 Å². The number of hydrogen-bond donors (Lipinski definition) is 1. The van der Waals surface area contributed by atoms with E-state index in [1.807, 2.05) is 35.1 Å². The van der Waals surface area contributed by atoms with E-state index < -0.39 is 15.8 Å². The van der Waals surface area contributed by atoms with Crippen LogP contribution in [0.25, 0.3) is 11.0 Å². The van der Waals surface area contributed by atoms with Gasteiger partial charge < -0.3 is 0 Å². The second-order valence-electron chi connectivity index (χ2n) is 8.39. The summed E-state index contributed by atoms with van der Waals surface area (Å²) in [5.74, 6) is 1.55. The third-order valence-corrected chi connectivity index (χ3v) is 9.80. The number of rotatable bonds is 7. The number of aromatic nitrogens is 3. The minimum absolute atomic E-state index is 0.0444. The predicted octanol–water partition coefficient (Wildman–Crippen LogP) is 3.45. The number of pyridine rings is 1. The molecule has 1 aromatic carbocycles. The molecular weight excluding hydrogens is 451 g/mol. The molecule has 1 N–H and O–H groups in total. The van der Waals surface area contributed by atoms with Gasteiger partial charge in [-0.05, 0) is 0 Å². The summed E-state index contributed by atoms with van der Waals surface area (Å²) in [5.41, 5.74) is 2.67. The van der Waals surface area contributed by atoms with Crippen molar-refractivity contribution in [3.05, 3.63) is 47.8 Å². The van der Waals surface area contributed by atoms with E-state index in [9.17, 15) is 4.79 Å².